The summed E-state index contributed by atoms with van der Waals surface area (Å²) in [7, 11) is 0. The lowest BCUT2D eigenvalue weighted by Gasteiger charge is -2.21. The van der Waals surface area contributed by atoms with E-state index in [1.807, 2.05) is 51.1 Å². The average molecular weight is 320 g/mol. The number of nitrogens with one attached hydrogen (secondary N) is 1. The van der Waals surface area contributed by atoms with Crippen molar-refractivity contribution in [1.29, 1.82) is 0 Å². The van der Waals surface area contributed by atoms with Gasteiger partial charge in [-0.15, -0.1) is 0 Å². The average Bonchev–Trinajstić information content (AvgIpc) is 2.80. The number of hydrogen-bond acceptors (Lipinski definition) is 2. The molecule has 1 aromatic heterocycles. The van der Waals surface area contributed by atoms with E-state index in [-0.39, 0.29) is 11.9 Å². The molecule has 118 valence electrons. The van der Waals surface area contributed by atoms with Crippen molar-refractivity contribution in [2.75, 3.05) is 0 Å². The van der Waals surface area contributed by atoms with E-state index in [9.17, 15) is 4.79 Å². The molecule has 5 heteroatoms. The molecule has 4 nitrogen and oxygen atoms in total. The van der Waals surface area contributed by atoms with Crippen molar-refractivity contribution in [2.24, 2.45) is 0 Å². The Balaban J connectivity index is 2.15. The molecule has 0 saturated heterocycles. The highest BCUT2D eigenvalue weighted by Crippen LogP contribution is 2.23. The quantitative estimate of drug-likeness (QED) is 0.906. The SMILES string of the molecule is CCC(NC(=O)C(C)n1nc(C)c(Cl)c1C)c1ccccc1. The molecule has 2 rings (SSSR count). The summed E-state index contributed by atoms with van der Waals surface area (Å²) >= 11 is 6.16. The van der Waals surface area contributed by atoms with Crippen molar-refractivity contribution in [2.45, 2.75) is 46.2 Å². The fourth-order valence-corrected chi connectivity index (χ4v) is 2.65. The predicted molar refractivity (Wildman–Crippen MR) is 89.0 cm³/mol. The fourth-order valence-electron chi connectivity index (χ4n) is 2.53. The third kappa shape index (κ3) is 3.33. The first-order chi connectivity index (χ1) is 10.5. The van der Waals surface area contributed by atoms with Crippen molar-refractivity contribution in [3.8, 4) is 0 Å². The first-order valence-corrected chi connectivity index (χ1v) is 7.90. The van der Waals surface area contributed by atoms with Crippen LogP contribution in [-0.2, 0) is 4.79 Å². The maximum absolute atomic E-state index is 12.5. The second kappa shape index (κ2) is 6.97. The number of carbonyl (C=O) groups is 1. The lowest BCUT2D eigenvalue weighted by Crippen LogP contribution is -2.34. The summed E-state index contributed by atoms with van der Waals surface area (Å²) in [5.41, 5.74) is 2.67. The van der Waals surface area contributed by atoms with Crippen LogP contribution in [0.4, 0.5) is 0 Å². The van der Waals surface area contributed by atoms with Crippen LogP contribution in [0.25, 0.3) is 0 Å². The van der Waals surface area contributed by atoms with E-state index >= 15 is 0 Å². The molecular formula is C17H22ClN3O. The molecule has 0 fully saturated rings. The second-order valence-electron chi connectivity index (χ2n) is 5.49. The summed E-state index contributed by atoms with van der Waals surface area (Å²) in [5, 5.41) is 8.07. The Morgan fingerprint density at radius 1 is 1.32 bits per heavy atom. The molecule has 0 spiro atoms. The predicted octanol–water partition coefficient (Wildman–Crippen LogP) is 3.98. The van der Waals surface area contributed by atoms with E-state index in [1.165, 1.54) is 0 Å². The van der Waals surface area contributed by atoms with Gasteiger partial charge in [-0.3, -0.25) is 9.48 Å². The van der Waals surface area contributed by atoms with Crippen molar-refractivity contribution >= 4 is 17.5 Å². The highest BCUT2D eigenvalue weighted by molar-refractivity contribution is 6.31. The zero-order valence-corrected chi connectivity index (χ0v) is 14.2. The molecular weight excluding hydrogens is 298 g/mol. The van der Waals surface area contributed by atoms with Gasteiger partial charge in [-0.1, -0.05) is 48.9 Å². The molecule has 1 heterocycles. The summed E-state index contributed by atoms with van der Waals surface area (Å²) in [5.74, 6) is -0.0574. The highest BCUT2D eigenvalue weighted by atomic mass is 35.5. The topological polar surface area (TPSA) is 46.9 Å². The minimum Gasteiger partial charge on any atom is -0.347 e. The van der Waals surface area contributed by atoms with Crippen LogP contribution in [0, 0.1) is 13.8 Å². The number of aromatic nitrogens is 2. The van der Waals surface area contributed by atoms with Crippen LogP contribution in [-0.4, -0.2) is 15.7 Å². The Bertz CT molecular complexity index is 651. The third-order valence-corrected chi connectivity index (χ3v) is 4.46. The molecule has 1 aromatic carbocycles. The third-order valence-electron chi connectivity index (χ3n) is 3.91. The molecule has 1 amide bonds. The Kier molecular flexibility index (Phi) is 5.24. The normalized spacial score (nSPS) is 13.7. The standard InChI is InChI=1S/C17H22ClN3O/c1-5-15(14-9-7-6-8-10-14)19-17(22)13(4)21-12(3)16(18)11(2)20-21/h6-10,13,15H,5H2,1-4H3,(H,19,22). The van der Waals surface area contributed by atoms with Crippen molar-refractivity contribution < 1.29 is 4.79 Å². The number of halogens is 1. The molecule has 0 aliphatic rings. The molecule has 0 saturated carbocycles. The van der Waals surface area contributed by atoms with Crippen LogP contribution < -0.4 is 5.32 Å². The summed E-state index contributed by atoms with van der Waals surface area (Å²) < 4.78 is 1.69. The maximum Gasteiger partial charge on any atom is 0.245 e. The number of carbonyl (C=O) groups excluding carboxylic acids is 1. The maximum atomic E-state index is 12.5. The lowest BCUT2D eigenvalue weighted by molar-refractivity contribution is -0.125. The van der Waals surface area contributed by atoms with Crippen LogP contribution in [0.5, 0.6) is 0 Å². The van der Waals surface area contributed by atoms with E-state index < -0.39 is 6.04 Å². The van der Waals surface area contributed by atoms with E-state index in [1.54, 1.807) is 4.68 Å². The summed E-state index contributed by atoms with van der Waals surface area (Å²) in [6.07, 6.45) is 0.834. The number of amides is 1. The zero-order chi connectivity index (χ0) is 16.3. The van der Waals surface area contributed by atoms with Gasteiger partial charge in [-0.2, -0.15) is 5.10 Å². The molecule has 1 N–H and O–H groups in total. The number of hydrogen-bond donors (Lipinski definition) is 1. The van der Waals surface area contributed by atoms with E-state index in [0.29, 0.717) is 5.02 Å². The molecule has 22 heavy (non-hydrogen) atoms. The first-order valence-electron chi connectivity index (χ1n) is 7.52. The van der Waals surface area contributed by atoms with Gasteiger partial charge in [0.25, 0.3) is 0 Å². The molecule has 2 unspecified atom stereocenters. The minimum absolute atomic E-state index is 0.00332. The van der Waals surface area contributed by atoms with Gasteiger partial charge in [0, 0.05) is 0 Å². The first kappa shape index (κ1) is 16.6. The monoisotopic (exact) mass is 319 g/mol. The van der Waals surface area contributed by atoms with Gasteiger partial charge in [0.15, 0.2) is 0 Å². The lowest BCUT2D eigenvalue weighted by atomic mass is 10.0. The number of benzene rings is 1. The molecule has 2 aromatic rings. The summed E-state index contributed by atoms with van der Waals surface area (Å²) in [6, 6.07) is 9.59. The Morgan fingerprint density at radius 2 is 1.95 bits per heavy atom. The summed E-state index contributed by atoms with van der Waals surface area (Å²) in [4.78, 5) is 12.5. The van der Waals surface area contributed by atoms with Gasteiger partial charge in [-0.05, 0) is 32.8 Å². The van der Waals surface area contributed by atoms with Crippen LogP contribution in [0.2, 0.25) is 5.02 Å². The van der Waals surface area contributed by atoms with Gasteiger partial charge >= 0.3 is 0 Å². The number of aryl methyl sites for hydroxylation is 1. The number of nitrogens with zero attached hydrogens (tertiary/aromatic N) is 2. The van der Waals surface area contributed by atoms with Gasteiger partial charge in [0.2, 0.25) is 5.91 Å². The second-order valence-corrected chi connectivity index (χ2v) is 5.86. The molecule has 0 aliphatic carbocycles. The van der Waals surface area contributed by atoms with Crippen molar-refractivity contribution in [1.82, 2.24) is 15.1 Å². The zero-order valence-electron chi connectivity index (χ0n) is 13.4. The van der Waals surface area contributed by atoms with Crippen LogP contribution in [0.3, 0.4) is 0 Å². The smallest absolute Gasteiger partial charge is 0.245 e. The van der Waals surface area contributed by atoms with Gasteiger partial charge < -0.3 is 5.32 Å². The molecule has 0 radical (unpaired) electrons. The molecule has 0 bridgehead atoms. The largest absolute Gasteiger partial charge is 0.347 e. The van der Waals surface area contributed by atoms with Gasteiger partial charge in [0.05, 0.1) is 22.5 Å². The fraction of sp³-hybridized carbons (Fsp3) is 0.412. The van der Waals surface area contributed by atoms with Crippen molar-refractivity contribution in [3.63, 3.8) is 0 Å². The van der Waals surface area contributed by atoms with E-state index in [2.05, 4.69) is 17.3 Å². The van der Waals surface area contributed by atoms with Crippen LogP contribution >= 0.6 is 11.6 Å². The molecule has 0 aliphatic heterocycles. The van der Waals surface area contributed by atoms with Gasteiger partial charge in [-0.25, -0.2) is 0 Å². The summed E-state index contributed by atoms with van der Waals surface area (Å²) in [6.45, 7) is 7.61. The Morgan fingerprint density at radius 3 is 2.45 bits per heavy atom. The van der Waals surface area contributed by atoms with Crippen LogP contribution in [0.1, 0.15) is 49.3 Å². The van der Waals surface area contributed by atoms with E-state index in [0.717, 1.165) is 23.4 Å². The Labute approximate surface area is 136 Å². The Hall–Kier alpha value is -1.81. The van der Waals surface area contributed by atoms with Crippen LogP contribution in [0.15, 0.2) is 30.3 Å². The van der Waals surface area contributed by atoms with Gasteiger partial charge in [0.1, 0.15) is 6.04 Å². The van der Waals surface area contributed by atoms with E-state index in [4.69, 9.17) is 11.6 Å². The number of rotatable bonds is 5. The minimum atomic E-state index is -0.399. The van der Waals surface area contributed by atoms with Crippen molar-refractivity contribution in [3.05, 3.63) is 52.3 Å². The highest BCUT2D eigenvalue weighted by Gasteiger charge is 2.22. The molecule has 2 atom stereocenters.